The van der Waals surface area contributed by atoms with Crippen LogP contribution in [0, 0.1) is 17.8 Å². The highest BCUT2D eigenvalue weighted by molar-refractivity contribution is 5.84. The molecule has 0 radical (unpaired) electrons. The molecule has 1 aliphatic heterocycles. The molecule has 1 heterocycles. The first-order valence-corrected chi connectivity index (χ1v) is 6.98. The third-order valence-corrected chi connectivity index (χ3v) is 5.70. The van der Waals surface area contributed by atoms with Gasteiger partial charge in [-0.2, -0.15) is 0 Å². The van der Waals surface area contributed by atoms with Crippen LogP contribution in [0.25, 0.3) is 0 Å². The largest absolute Gasteiger partial charge is 0.334 e. The van der Waals surface area contributed by atoms with Crippen molar-refractivity contribution in [1.29, 1.82) is 0 Å². The van der Waals surface area contributed by atoms with Crippen molar-refractivity contribution < 1.29 is 4.79 Å². The van der Waals surface area contributed by atoms with Gasteiger partial charge in [0.05, 0.1) is 0 Å². The Hall–Kier alpha value is -0.530. The van der Waals surface area contributed by atoms with Crippen LogP contribution >= 0.6 is 0 Å². The van der Waals surface area contributed by atoms with Gasteiger partial charge in [0.25, 0.3) is 0 Å². The Kier molecular flexibility index (Phi) is 1.68. The predicted molar refractivity (Wildman–Crippen MR) is 61.8 cm³/mol. The highest BCUT2D eigenvalue weighted by Crippen LogP contribution is 2.59. The summed E-state index contributed by atoms with van der Waals surface area (Å²) >= 11 is 0. The van der Waals surface area contributed by atoms with Crippen LogP contribution < -0.4 is 0 Å². The molecule has 88 valence electrons. The lowest BCUT2D eigenvalue weighted by molar-refractivity contribution is -0.173. The van der Waals surface area contributed by atoms with Gasteiger partial charge in [-0.15, -0.1) is 0 Å². The second-order valence-corrected chi connectivity index (χ2v) is 6.96. The number of carbonyl (C=O) groups excluding carboxylic acids is 1. The van der Waals surface area contributed by atoms with Crippen LogP contribution in [0.15, 0.2) is 0 Å². The average Bonchev–Trinajstić information content (AvgIpc) is 2.13. The molecule has 2 heteroatoms. The molecular weight excluding hydrogens is 198 g/mol. The Morgan fingerprint density at radius 3 is 1.94 bits per heavy atom. The Morgan fingerprint density at radius 1 is 1.06 bits per heavy atom. The van der Waals surface area contributed by atoms with E-state index in [-0.39, 0.29) is 0 Å². The van der Waals surface area contributed by atoms with Crippen molar-refractivity contribution in [3.05, 3.63) is 0 Å². The van der Waals surface area contributed by atoms with E-state index in [9.17, 15) is 4.79 Å². The highest BCUT2D eigenvalue weighted by atomic mass is 16.2. The lowest BCUT2D eigenvalue weighted by Gasteiger charge is -2.64. The summed E-state index contributed by atoms with van der Waals surface area (Å²) in [6.07, 6.45) is 9.20. The van der Waals surface area contributed by atoms with Crippen LogP contribution in [-0.2, 0) is 4.79 Å². The van der Waals surface area contributed by atoms with Crippen molar-refractivity contribution in [1.82, 2.24) is 4.90 Å². The molecule has 1 amide bonds. The fourth-order valence-corrected chi connectivity index (χ4v) is 5.67. The van der Waals surface area contributed by atoms with Gasteiger partial charge in [0.15, 0.2) is 0 Å². The molecule has 0 unspecified atom stereocenters. The van der Waals surface area contributed by atoms with Crippen molar-refractivity contribution in [2.24, 2.45) is 17.8 Å². The second kappa shape index (κ2) is 2.83. The first kappa shape index (κ1) is 9.49. The minimum atomic E-state index is 0.323. The summed E-state index contributed by atoms with van der Waals surface area (Å²) in [5.74, 6) is 3.29. The summed E-state index contributed by atoms with van der Waals surface area (Å²) in [5, 5.41) is 0. The van der Waals surface area contributed by atoms with E-state index in [1.807, 2.05) is 0 Å². The SMILES string of the molecule is C[C@@H]1CC(=O)N1C12CC3CC(CC(C3)C1)C2. The van der Waals surface area contributed by atoms with Crippen LogP contribution in [0.1, 0.15) is 51.9 Å². The molecule has 5 fully saturated rings. The van der Waals surface area contributed by atoms with Crippen LogP contribution in [0.4, 0.5) is 0 Å². The van der Waals surface area contributed by atoms with Crippen LogP contribution in [-0.4, -0.2) is 22.4 Å². The quantitative estimate of drug-likeness (QED) is 0.621. The number of β-lactam (4-membered cyclic amide) rings is 1. The maximum absolute atomic E-state index is 11.9. The van der Waals surface area contributed by atoms with Gasteiger partial charge in [0.1, 0.15) is 0 Å². The number of amides is 1. The second-order valence-electron chi connectivity index (χ2n) is 6.96. The number of carbonyl (C=O) groups is 1. The van der Waals surface area contributed by atoms with Crippen molar-refractivity contribution in [2.45, 2.75) is 63.5 Å². The van der Waals surface area contributed by atoms with Crippen LogP contribution in [0.2, 0.25) is 0 Å². The summed E-state index contributed by atoms with van der Waals surface area (Å²) in [6, 6.07) is 0.531. The molecule has 0 spiro atoms. The van der Waals surface area contributed by atoms with E-state index in [4.69, 9.17) is 0 Å². The fourth-order valence-electron chi connectivity index (χ4n) is 5.67. The Balaban J connectivity index is 1.68. The standard InChI is InChI=1S/C14H21NO/c1-9-2-13(16)15(9)14-6-10-3-11(7-14)5-12(4-10)8-14/h9-12H,2-8H2,1H3/t9-,10?,11?,12?,14?/m1/s1. The normalized spacial score (nSPS) is 54.3. The molecule has 4 bridgehead atoms. The lowest BCUT2D eigenvalue weighted by Crippen LogP contribution is -2.68. The topological polar surface area (TPSA) is 20.3 Å². The summed E-state index contributed by atoms with van der Waals surface area (Å²) in [7, 11) is 0. The van der Waals surface area contributed by atoms with Crippen LogP contribution in [0.3, 0.4) is 0 Å². The molecule has 5 aliphatic rings. The minimum absolute atomic E-state index is 0.323. The Morgan fingerprint density at radius 2 is 1.56 bits per heavy atom. The lowest BCUT2D eigenvalue weighted by atomic mass is 9.52. The number of likely N-dealkylation sites (tertiary alicyclic amines) is 1. The zero-order valence-corrected chi connectivity index (χ0v) is 10.1. The summed E-state index contributed by atoms with van der Waals surface area (Å²) in [6.45, 7) is 2.24. The van der Waals surface area contributed by atoms with Gasteiger partial charge in [-0.25, -0.2) is 0 Å². The first-order valence-electron chi connectivity index (χ1n) is 6.98. The predicted octanol–water partition coefficient (Wildman–Crippen LogP) is 2.58. The third-order valence-electron chi connectivity index (χ3n) is 5.70. The molecule has 0 N–H and O–H groups in total. The van der Waals surface area contributed by atoms with Crippen molar-refractivity contribution in [2.75, 3.05) is 0 Å². The van der Waals surface area contributed by atoms with Crippen molar-refractivity contribution in [3.8, 4) is 0 Å². The zero-order valence-electron chi connectivity index (χ0n) is 10.1. The third kappa shape index (κ3) is 1.06. The smallest absolute Gasteiger partial charge is 0.225 e. The van der Waals surface area contributed by atoms with Gasteiger partial charge in [0.2, 0.25) is 5.91 Å². The summed E-state index contributed by atoms with van der Waals surface area (Å²) in [4.78, 5) is 14.2. The number of rotatable bonds is 1. The molecule has 16 heavy (non-hydrogen) atoms. The molecule has 0 aromatic carbocycles. The molecule has 1 atom stereocenters. The van der Waals surface area contributed by atoms with E-state index in [0.29, 0.717) is 17.5 Å². The Bertz CT molecular complexity index is 313. The van der Waals surface area contributed by atoms with Crippen LogP contribution in [0.5, 0.6) is 0 Å². The van der Waals surface area contributed by atoms with Crippen molar-refractivity contribution >= 4 is 5.91 Å². The van der Waals surface area contributed by atoms with E-state index in [0.717, 1.165) is 24.2 Å². The Labute approximate surface area is 97.4 Å². The average molecular weight is 219 g/mol. The maximum atomic E-state index is 11.9. The molecule has 4 aliphatic carbocycles. The number of hydrogen-bond donors (Lipinski definition) is 0. The van der Waals surface area contributed by atoms with E-state index in [2.05, 4.69) is 11.8 Å². The maximum Gasteiger partial charge on any atom is 0.225 e. The van der Waals surface area contributed by atoms with E-state index >= 15 is 0 Å². The highest BCUT2D eigenvalue weighted by Gasteiger charge is 2.57. The van der Waals surface area contributed by atoms with E-state index in [1.54, 1.807) is 0 Å². The van der Waals surface area contributed by atoms with Gasteiger partial charge in [-0.1, -0.05) is 0 Å². The van der Waals surface area contributed by atoms with E-state index < -0.39 is 0 Å². The molecule has 2 nitrogen and oxygen atoms in total. The molecule has 5 rings (SSSR count). The summed E-state index contributed by atoms with van der Waals surface area (Å²) in [5.41, 5.74) is 0.323. The number of hydrogen-bond acceptors (Lipinski definition) is 1. The molecule has 1 saturated heterocycles. The fraction of sp³-hybridized carbons (Fsp3) is 0.929. The summed E-state index contributed by atoms with van der Waals surface area (Å²) < 4.78 is 0. The van der Waals surface area contributed by atoms with E-state index in [1.165, 1.54) is 38.5 Å². The molecule has 0 aromatic rings. The van der Waals surface area contributed by atoms with Gasteiger partial charge in [0, 0.05) is 18.0 Å². The first-order chi connectivity index (χ1) is 7.66. The van der Waals surface area contributed by atoms with Gasteiger partial charge >= 0.3 is 0 Å². The number of nitrogens with zero attached hydrogens (tertiary/aromatic N) is 1. The van der Waals surface area contributed by atoms with Gasteiger partial charge < -0.3 is 4.90 Å². The molecule has 0 aromatic heterocycles. The molecular formula is C14H21NO. The monoisotopic (exact) mass is 219 g/mol. The minimum Gasteiger partial charge on any atom is -0.334 e. The zero-order chi connectivity index (χ0) is 10.9. The van der Waals surface area contributed by atoms with Gasteiger partial charge in [-0.05, 0) is 63.2 Å². The van der Waals surface area contributed by atoms with Crippen molar-refractivity contribution in [3.63, 3.8) is 0 Å². The van der Waals surface area contributed by atoms with Gasteiger partial charge in [-0.3, -0.25) is 4.79 Å². The molecule has 4 saturated carbocycles.